The van der Waals surface area contributed by atoms with Gasteiger partial charge in [0.1, 0.15) is 22.7 Å². The molecule has 0 N–H and O–H groups in total. The SMILES string of the molecule is CC(=O)OCCOCn1cnc2c(=S)sc(C)nc21. The molecule has 0 aliphatic rings. The van der Waals surface area contributed by atoms with E-state index < -0.39 is 0 Å². The van der Waals surface area contributed by atoms with Crippen molar-refractivity contribution >= 4 is 40.7 Å². The van der Waals surface area contributed by atoms with E-state index in [1.54, 1.807) is 10.9 Å². The molecule has 8 heteroatoms. The number of carbonyl (C=O) groups excluding carboxylic acids is 1. The summed E-state index contributed by atoms with van der Waals surface area (Å²) in [6.45, 7) is 4.13. The molecular weight excluding hydrogens is 286 g/mol. The molecule has 2 heterocycles. The summed E-state index contributed by atoms with van der Waals surface area (Å²) >= 11 is 6.68. The molecule has 2 rings (SSSR count). The highest BCUT2D eigenvalue weighted by Gasteiger charge is 2.07. The van der Waals surface area contributed by atoms with E-state index in [0.29, 0.717) is 24.5 Å². The van der Waals surface area contributed by atoms with Gasteiger partial charge >= 0.3 is 5.97 Å². The fourth-order valence-electron chi connectivity index (χ4n) is 1.49. The second-order valence-corrected chi connectivity index (χ2v) is 5.65. The lowest BCUT2D eigenvalue weighted by Gasteiger charge is -2.06. The zero-order valence-corrected chi connectivity index (χ0v) is 12.2. The fraction of sp³-hybridized carbons (Fsp3) is 0.455. The molecule has 0 radical (unpaired) electrons. The first-order valence-electron chi connectivity index (χ1n) is 5.61. The van der Waals surface area contributed by atoms with E-state index in [1.165, 1.54) is 18.3 Å². The minimum absolute atomic E-state index is 0.239. The van der Waals surface area contributed by atoms with Crippen LogP contribution in [0.1, 0.15) is 11.9 Å². The van der Waals surface area contributed by atoms with Gasteiger partial charge in [-0.3, -0.25) is 9.36 Å². The van der Waals surface area contributed by atoms with Crippen LogP contribution in [0.2, 0.25) is 0 Å². The van der Waals surface area contributed by atoms with Gasteiger partial charge in [-0.25, -0.2) is 9.97 Å². The van der Waals surface area contributed by atoms with Gasteiger partial charge in [-0.2, -0.15) is 0 Å². The van der Waals surface area contributed by atoms with E-state index in [2.05, 4.69) is 9.97 Å². The summed E-state index contributed by atoms with van der Waals surface area (Å²) in [5.41, 5.74) is 1.43. The van der Waals surface area contributed by atoms with Crippen molar-refractivity contribution in [2.45, 2.75) is 20.6 Å². The summed E-state index contributed by atoms with van der Waals surface area (Å²) in [5, 5.41) is 0.888. The number of ether oxygens (including phenoxy) is 2. The van der Waals surface area contributed by atoms with Crippen LogP contribution in [0.15, 0.2) is 6.33 Å². The van der Waals surface area contributed by atoms with E-state index in [4.69, 9.17) is 21.7 Å². The number of carbonyl (C=O) groups is 1. The van der Waals surface area contributed by atoms with Crippen molar-refractivity contribution in [1.82, 2.24) is 14.5 Å². The summed E-state index contributed by atoms with van der Waals surface area (Å²) in [7, 11) is 0. The number of hydrogen-bond donors (Lipinski definition) is 0. The normalized spacial score (nSPS) is 10.8. The van der Waals surface area contributed by atoms with Crippen molar-refractivity contribution in [1.29, 1.82) is 0 Å². The predicted octanol–water partition coefficient (Wildman–Crippen LogP) is 2.07. The van der Waals surface area contributed by atoms with E-state index in [1.807, 2.05) is 6.92 Å². The molecule has 0 aliphatic carbocycles. The van der Waals surface area contributed by atoms with Gasteiger partial charge in [0.2, 0.25) is 0 Å². The van der Waals surface area contributed by atoms with Crippen molar-refractivity contribution in [2.75, 3.05) is 13.2 Å². The lowest BCUT2D eigenvalue weighted by atomic mass is 10.6. The van der Waals surface area contributed by atoms with Gasteiger partial charge in [0.05, 0.1) is 17.9 Å². The number of nitrogens with zero attached hydrogens (tertiary/aromatic N) is 3. The van der Waals surface area contributed by atoms with Crippen LogP contribution in [0.25, 0.3) is 11.2 Å². The first-order chi connectivity index (χ1) is 9.08. The Bertz CT molecular complexity index is 650. The first kappa shape index (κ1) is 14.0. The fourth-order valence-corrected chi connectivity index (χ4v) is 2.64. The molecule has 0 aromatic carbocycles. The average molecular weight is 299 g/mol. The maximum atomic E-state index is 10.6. The minimum Gasteiger partial charge on any atom is -0.463 e. The van der Waals surface area contributed by atoms with Gasteiger partial charge in [0, 0.05) is 6.92 Å². The third-order valence-corrected chi connectivity index (χ3v) is 3.48. The van der Waals surface area contributed by atoms with Crippen LogP contribution in [0.5, 0.6) is 0 Å². The number of fused-ring (bicyclic) bond motifs is 1. The van der Waals surface area contributed by atoms with Gasteiger partial charge in [-0.1, -0.05) is 12.2 Å². The molecule has 0 saturated heterocycles. The maximum absolute atomic E-state index is 10.6. The first-order valence-corrected chi connectivity index (χ1v) is 6.84. The van der Waals surface area contributed by atoms with Gasteiger partial charge in [-0.15, -0.1) is 11.3 Å². The zero-order chi connectivity index (χ0) is 13.8. The molecular formula is C11H13N3O3S2. The highest BCUT2D eigenvalue weighted by Crippen LogP contribution is 2.17. The lowest BCUT2D eigenvalue weighted by molar-refractivity contribution is -0.142. The number of aryl methyl sites for hydroxylation is 1. The third-order valence-electron chi connectivity index (χ3n) is 2.27. The molecule has 0 fully saturated rings. The van der Waals surface area contributed by atoms with Crippen LogP contribution in [-0.2, 0) is 21.0 Å². The van der Waals surface area contributed by atoms with Crippen LogP contribution >= 0.6 is 23.6 Å². The Morgan fingerprint density at radius 1 is 1.53 bits per heavy atom. The summed E-state index contributed by atoms with van der Waals surface area (Å²) in [6, 6.07) is 0. The molecule has 19 heavy (non-hydrogen) atoms. The molecule has 102 valence electrons. The van der Waals surface area contributed by atoms with Crippen molar-refractivity contribution in [3.63, 3.8) is 0 Å². The Labute approximate surface area is 119 Å². The quantitative estimate of drug-likeness (QED) is 0.478. The molecule has 0 spiro atoms. The van der Waals surface area contributed by atoms with Gasteiger partial charge in [0.15, 0.2) is 5.65 Å². The molecule has 0 unspecified atom stereocenters. The van der Waals surface area contributed by atoms with E-state index >= 15 is 0 Å². The van der Waals surface area contributed by atoms with Crippen molar-refractivity contribution in [2.24, 2.45) is 0 Å². The molecule has 0 aliphatic heterocycles. The Morgan fingerprint density at radius 3 is 3.05 bits per heavy atom. The predicted molar refractivity (Wildman–Crippen MR) is 73.6 cm³/mol. The van der Waals surface area contributed by atoms with E-state index in [9.17, 15) is 4.79 Å². The van der Waals surface area contributed by atoms with Crippen LogP contribution in [-0.4, -0.2) is 33.7 Å². The van der Waals surface area contributed by atoms with Crippen LogP contribution in [0, 0.1) is 10.7 Å². The van der Waals surface area contributed by atoms with Crippen molar-refractivity contribution in [3.8, 4) is 0 Å². The average Bonchev–Trinajstić information content (AvgIpc) is 2.72. The number of hydrogen-bond acceptors (Lipinski definition) is 7. The largest absolute Gasteiger partial charge is 0.463 e. The smallest absolute Gasteiger partial charge is 0.302 e. The lowest BCUT2D eigenvalue weighted by Crippen LogP contribution is -2.10. The summed E-state index contributed by atoms with van der Waals surface area (Å²) in [5.74, 6) is -0.314. The Balaban J connectivity index is 2.01. The molecule has 2 aromatic heterocycles. The van der Waals surface area contributed by atoms with Gasteiger partial charge in [0.25, 0.3) is 0 Å². The highest BCUT2D eigenvalue weighted by atomic mass is 32.1. The Hall–Kier alpha value is -1.38. The van der Waals surface area contributed by atoms with E-state index in [0.717, 1.165) is 8.83 Å². The van der Waals surface area contributed by atoms with Crippen LogP contribution in [0.4, 0.5) is 0 Å². The van der Waals surface area contributed by atoms with Gasteiger partial charge < -0.3 is 9.47 Å². The summed E-state index contributed by atoms with van der Waals surface area (Å²) in [4.78, 5) is 19.2. The maximum Gasteiger partial charge on any atom is 0.302 e. The topological polar surface area (TPSA) is 66.2 Å². The van der Waals surface area contributed by atoms with Crippen LogP contribution in [0.3, 0.4) is 0 Å². The summed E-state index contributed by atoms with van der Waals surface area (Å²) in [6.07, 6.45) is 1.64. The number of rotatable bonds is 5. The highest BCUT2D eigenvalue weighted by molar-refractivity contribution is 7.73. The molecule has 0 saturated carbocycles. The monoisotopic (exact) mass is 299 g/mol. The zero-order valence-electron chi connectivity index (χ0n) is 10.6. The Kier molecular flexibility index (Phi) is 4.56. The standard InChI is InChI=1S/C11H13N3O3S2/c1-7-13-10-9(11(18)19-7)12-5-14(10)6-16-3-4-17-8(2)15/h5H,3-4,6H2,1-2H3. The number of imidazole rings is 1. The van der Waals surface area contributed by atoms with Gasteiger partial charge in [-0.05, 0) is 6.92 Å². The summed E-state index contributed by atoms with van der Waals surface area (Å²) < 4.78 is 12.7. The number of esters is 1. The van der Waals surface area contributed by atoms with Crippen LogP contribution < -0.4 is 0 Å². The van der Waals surface area contributed by atoms with E-state index in [-0.39, 0.29) is 12.6 Å². The Morgan fingerprint density at radius 2 is 2.32 bits per heavy atom. The number of aromatic nitrogens is 3. The minimum atomic E-state index is -0.314. The molecule has 0 bridgehead atoms. The second kappa shape index (κ2) is 6.18. The molecule has 6 nitrogen and oxygen atoms in total. The van der Waals surface area contributed by atoms with Crippen molar-refractivity contribution < 1.29 is 14.3 Å². The molecule has 0 atom stereocenters. The molecule has 0 amide bonds. The third kappa shape index (κ3) is 3.55. The molecule has 2 aromatic rings. The second-order valence-electron chi connectivity index (χ2n) is 3.78. The van der Waals surface area contributed by atoms with Crippen molar-refractivity contribution in [3.05, 3.63) is 15.2 Å².